The first kappa shape index (κ1) is 29.6. The van der Waals surface area contributed by atoms with Crippen molar-refractivity contribution in [3.8, 4) is 11.5 Å². The molecule has 3 heterocycles. The molecule has 4 rings (SSSR count). The summed E-state index contributed by atoms with van der Waals surface area (Å²) in [7, 11) is 6.77. The highest BCUT2D eigenvalue weighted by molar-refractivity contribution is 6.42. The van der Waals surface area contributed by atoms with Crippen LogP contribution in [-0.4, -0.2) is 91.5 Å². The van der Waals surface area contributed by atoms with Crippen molar-refractivity contribution in [1.82, 2.24) is 14.7 Å². The lowest BCUT2D eigenvalue weighted by molar-refractivity contribution is -0.126. The van der Waals surface area contributed by atoms with Gasteiger partial charge >= 0.3 is 6.03 Å². The smallest absolute Gasteiger partial charge is 0.325 e. The van der Waals surface area contributed by atoms with E-state index in [4.69, 9.17) is 9.47 Å². The largest absolute Gasteiger partial charge is 0.497 e. The number of ether oxygens (including phenoxy) is 2. The minimum atomic E-state index is -0.457. The highest BCUT2D eigenvalue weighted by Crippen LogP contribution is 2.49. The summed E-state index contributed by atoms with van der Waals surface area (Å²) in [4.78, 5) is 42.1. The number of rotatable bonds is 6. The van der Waals surface area contributed by atoms with Gasteiger partial charge < -0.3 is 19.3 Å². The van der Waals surface area contributed by atoms with Gasteiger partial charge in [-0.1, -0.05) is 33.8 Å². The van der Waals surface area contributed by atoms with Crippen molar-refractivity contribution < 1.29 is 19.1 Å². The van der Waals surface area contributed by atoms with Gasteiger partial charge in [0.25, 0.3) is 5.91 Å². The van der Waals surface area contributed by atoms with E-state index in [9.17, 15) is 9.59 Å². The normalized spacial score (nSPS) is 21.2. The molecule has 2 fully saturated rings. The van der Waals surface area contributed by atoms with Crippen molar-refractivity contribution >= 4 is 23.4 Å². The SMILES string of the molecule is CCN1C(=O)N2Cc3cc(OC)cc(OC)c3C(C)C=C2C12CCN(C(=O)C(CC(=NC)C(C)(C)C)=NC)CC2. The van der Waals surface area contributed by atoms with E-state index in [0.717, 1.165) is 28.3 Å². The Labute approximate surface area is 238 Å². The molecule has 0 aromatic heterocycles. The summed E-state index contributed by atoms with van der Waals surface area (Å²) in [5, 5.41) is 0. The van der Waals surface area contributed by atoms with E-state index in [2.05, 4.69) is 43.8 Å². The molecule has 218 valence electrons. The molecule has 3 aliphatic heterocycles. The van der Waals surface area contributed by atoms with Crippen LogP contribution in [0.4, 0.5) is 4.79 Å². The number of carbonyl (C=O) groups is 2. The number of methoxy groups -OCH3 is 2. The minimum absolute atomic E-state index is 0.0140. The van der Waals surface area contributed by atoms with Gasteiger partial charge in [-0.2, -0.15) is 0 Å². The summed E-state index contributed by atoms with van der Waals surface area (Å²) in [6.45, 7) is 12.7. The van der Waals surface area contributed by atoms with Gasteiger partial charge in [0.2, 0.25) is 0 Å². The lowest BCUT2D eigenvalue weighted by Crippen LogP contribution is -2.55. The minimum Gasteiger partial charge on any atom is -0.497 e. The van der Waals surface area contributed by atoms with Crippen molar-refractivity contribution in [1.29, 1.82) is 0 Å². The number of piperidine rings is 1. The fourth-order valence-corrected chi connectivity index (χ4v) is 6.62. The zero-order valence-electron chi connectivity index (χ0n) is 25.6. The van der Waals surface area contributed by atoms with Crippen molar-refractivity contribution in [3.63, 3.8) is 0 Å². The van der Waals surface area contributed by atoms with Crippen LogP contribution < -0.4 is 9.47 Å². The maximum Gasteiger partial charge on any atom is 0.325 e. The molecule has 2 saturated heterocycles. The van der Waals surface area contributed by atoms with Gasteiger partial charge in [-0.3, -0.25) is 19.7 Å². The highest BCUT2D eigenvalue weighted by Gasteiger charge is 2.55. The monoisotopic (exact) mass is 551 g/mol. The fourth-order valence-electron chi connectivity index (χ4n) is 6.62. The summed E-state index contributed by atoms with van der Waals surface area (Å²) >= 11 is 0. The molecule has 1 spiro atoms. The third kappa shape index (κ3) is 4.99. The number of fused-ring (bicyclic) bond motifs is 3. The Hall–Kier alpha value is -3.36. The van der Waals surface area contributed by atoms with Gasteiger partial charge in [0.15, 0.2) is 0 Å². The quantitative estimate of drug-likeness (QED) is 0.471. The third-order valence-corrected chi connectivity index (χ3v) is 8.78. The van der Waals surface area contributed by atoms with Gasteiger partial charge in [-0.25, -0.2) is 4.79 Å². The average Bonchev–Trinajstić information content (AvgIpc) is 3.03. The molecule has 0 bridgehead atoms. The molecule has 0 N–H and O–H groups in total. The molecule has 1 aromatic carbocycles. The Kier molecular flexibility index (Phi) is 8.33. The van der Waals surface area contributed by atoms with E-state index in [0.29, 0.717) is 56.9 Å². The van der Waals surface area contributed by atoms with Gasteiger partial charge in [0.1, 0.15) is 17.2 Å². The van der Waals surface area contributed by atoms with E-state index in [1.165, 1.54) is 0 Å². The molecule has 3 amide bonds. The predicted octanol–water partition coefficient (Wildman–Crippen LogP) is 4.90. The van der Waals surface area contributed by atoms with E-state index in [1.54, 1.807) is 28.3 Å². The molecular weight excluding hydrogens is 506 g/mol. The number of amides is 3. The third-order valence-electron chi connectivity index (χ3n) is 8.78. The first-order valence-corrected chi connectivity index (χ1v) is 14.2. The maximum absolute atomic E-state index is 13.9. The Balaban J connectivity index is 1.63. The molecular formula is C31H45N5O4. The number of likely N-dealkylation sites (N-methyl/N-ethyl adjacent to an activating group) is 1. The number of aliphatic imine (C=N–C) groups is 2. The zero-order chi connectivity index (χ0) is 29.4. The summed E-state index contributed by atoms with van der Waals surface area (Å²) < 4.78 is 11.3. The molecule has 9 nitrogen and oxygen atoms in total. The van der Waals surface area contributed by atoms with Gasteiger partial charge in [0.05, 0.1) is 26.3 Å². The second-order valence-electron chi connectivity index (χ2n) is 11.9. The van der Waals surface area contributed by atoms with Gasteiger partial charge in [-0.15, -0.1) is 0 Å². The molecule has 3 aliphatic rings. The number of carbonyl (C=O) groups excluding carboxylic acids is 2. The number of nitrogens with zero attached hydrogens (tertiary/aromatic N) is 5. The molecule has 9 heteroatoms. The van der Waals surface area contributed by atoms with E-state index >= 15 is 0 Å². The van der Waals surface area contributed by atoms with Gasteiger partial charge in [-0.05, 0) is 31.4 Å². The van der Waals surface area contributed by atoms with Crippen LogP contribution in [0.2, 0.25) is 0 Å². The summed E-state index contributed by atoms with van der Waals surface area (Å²) in [6.07, 6.45) is 4.03. The molecule has 1 unspecified atom stereocenters. The fraction of sp³-hybridized carbons (Fsp3) is 0.613. The summed E-state index contributed by atoms with van der Waals surface area (Å²) in [5.74, 6) is 1.48. The highest BCUT2D eigenvalue weighted by atomic mass is 16.5. The van der Waals surface area contributed by atoms with Crippen LogP contribution >= 0.6 is 0 Å². The number of urea groups is 1. The Morgan fingerprint density at radius 1 is 1.10 bits per heavy atom. The number of hydrogen-bond acceptors (Lipinski definition) is 6. The van der Waals surface area contributed by atoms with Crippen LogP contribution in [0.5, 0.6) is 11.5 Å². The van der Waals surface area contributed by atoms with Crippen LogP contribution in [0.15, 0.2) is 33.9 Å². The van der Waals surface area contributed by atoms with Crippen molar-refractivity contribution in [2.24, 2.45) is 15.4 Å². The molecule has 0 aliphatic carbocycles. The van der Waals surface area contributed by atoms with Gasteiger partial charge in [0, 0.05) is 74.5 Å². The van der Waals surface area contributed by atoms with Crippen LogP contribution in [0, 0.1) is 5.41 Å². The van der Waals surface area contributed by atoms with Crippen molar-refractivity contribution in [2.45, 2.75) is 71.9 Å². The van der Waals surface area contributed by atoms with Crippen LogP contribution in [-0.2, 0) is 11.3 Å². The molecule has 1 aromatic rings. The second-order valence-corrected chi connectivity index (χ2v) is 11.9. The van der Waals surface area contributed by atoms with Crippen molar-refractivity contribution in [3.05, 3.63) is 35.0 Å². The number of hydrogen-bond donors (Lipinski definition) is 0. The summed E-state index contributed by atoms with van der Waals surface area (Å²) in [5.41, 5.74) is 4.03. The standard InChI is InChI=1S/C31H45N5O4/c1-10-36-29(38)35-19-21-16-22(39-8)17-24(40-9)27(21)20(2)15-26(35)31(36)11-13-34(14-12-31)28(37)23(32-6)18-25(33-7)30(3,4)5/h15-17,20H,10-14,18-19H2,1-9H3. The van der Waals surface area contributed by atoms with E-state index in [1.807, 2.05) is 33.8 Å². The topological polar surface area (TPSA) is 87.0 Å². The van der Waals surface area contributed by atoms with Crippen LogP contribution in [0.3, 0.4) is 0 Å². The number of allylic oxidation sites excluding steroid dienone is 1. The van der Waals surface area contributed by atoms with Crippen molar-refractivity contribution in [2.75, 3.05) is 47.9 Å². The van der Waals surface area contributed by atoms with E-state index < -0.39 is 5.54 Å². The lowest BCUT2D eigenvalue weighted by atomic mass is 9.81. The number of likely N-dealkylation sites (tertiary alicyclic amines) is 1. The first-order chi connectivity index (χ1) is 18.9. The Morgan fingerprint density at radius 2 is 1.77 bits per heavy atom. The maximum atomic E-state index is 13.9. The Morgan fingerprint density at radius 3 is 2.30 bits per heavy atom. The number of benzene rings is 1. The molecule has 1 atom stereocenters. The Bertz CT molecular complexity index is 1250. The molecule has 0 saturated carbocycles. The first-order valence-electron chi connectivity index (χ1n) is 14.2. The zero-order valence-corrected chi connectivity index (χ0v) is 25.6. The van der Waals surface area contributed by atoms with E-state index in [-0.39, 0.29) is 23.3 Å². The summed E-state index contributed by atoms with van der Waals surface area (Å²) in [6, 6.07) is 3.93. The lowest BCUT2D eigenvalue weighted by Gasteiger charge is -2.44. The second kappa shape index (κ2) is 11.3. The predicted molar refractivity (Wildman–Crippen MR) is 159 cm³/mol. The molecule has 40 heavy (non-hydrogen) atoms. The molecule has 0 radical (unpaired) electrons. The van der Waals surface area contributed by atoms with Crippen LogP contribution in [0.25, 0.3) is 0 Å². The average molecular weight is 552 g/mol. The van der Waals surface area contributed by atoms with Crippen LogP contribution in [0.1, 0.15) is 70.9 Å².